The van der Waals surface area contributed by atoms with Crippen LogP contribution in [0.2, 0.25) is 0 Å². The van der Waals surface area contributed by atoms with Crippen molar-refractivity contribution in [3.05, 3.63) is 90.8 Å². The topological polar surface area (TPSA) is 61.7 Å². The SMILES string of the molecule is C/N=C/C(C)(C)c1ccc(N2C(=O)CN(C)c3cnc4ccc(-c5cnc6ccccc6c5)cc4c32)cc1. The van der Waals surface area contributed by atoms with Crippen LogP contribution in [0.3, 0.4) is 0 Å². The molecule has 0 N–H and O–H groups in total. The predicted molar refractivity (Wildman–Crippen MR) is 157 cm³/mol. The van der Waals surface area contributed by atoms with Gasteiger partial charge in [-0.15, -0.1) is 0 Å². The molecule has 0 radical (unpaired) electrons. The molecule has 0 atom stereocenters. The number of carbonyl (C=O) groups excluding carboxylic acids is 1. The molecule has 0 saturated carbocycles. The van der Waals surface area contributed by atoms with Gasteiger partial charge in [0.05, 0.1) is 35.1 Å². The van der Waals surface area contributed by atoms with E-state index in [1.165, 1.54) is 0 Å². The quantitative estimate of drug-likeness (QED) is 0.263. The van der Waals surface area contributed by atoms with Gasteiger partial charge in [-0.25, -0.2) is 0 Å². The lowest BCUT2D eigenvalue weighted by Crippen LogP contribution is -2.42. The molecule has 3 aromatic carbocycles. The molecule has 1 aliphatic heterocycles. The average Bonchev–Trinajstić information content (AvgIpc) is 2.92. The van der Waals surface area contributed by atoms with Crippen LogP contribution in [0.15, 0.2) is 90.2 Å². The fourth-order valence-corrected chi connectivity index (χ4v) is 5.28. The second-order valence-corrected chi connectivity index (χ2v) is 10.4. The van der Waals surface area contributed by atoms with Gasteiger partial charge in [0, 0.05) is 53.9 Å². The number of fused-ring (bicyclic) bond motifs is 4. The van der Waals surface area contributed by atoms with Crippen molar-refractivity contribution >= 4 is 51.0 Å². The number of aromatic nitrogens is 2. The van der Waals surface area contributed by atoms with Crippen molar-refractivity contribution in [3.63, 3.8) is 0 Å². The number of carbonyl (C=O) groups is 1. The molecule has 0 saturated heterocycles. The number of hydrogen-bond acceptors (Lipinski definition) is 5. The zero-order valence-corrected chi connectivity index (χ0v) is 22.0. The van der Waals surface area contributed by atoms with Gasteiger partial charge in [0.25, 0.3) is 5.91 Å². The van der Waals surface area contributed by atoms with E-state index in [1.807, 2.05) is 71.9 Å². The van der Waals surface area contributed by atoms with Crippen molar-refractivity contribution in [1.82, 2.24) is 9.97 Å². The number of anilines is 3. The third-order valence-corrected chi connectivity index (χ3v) is 7.32. The Bertz CT molecular complexity index is 1720. The van der Waals surface area contributed by atoms with Gasteiger partial charge in [0.2, 0.25) is 0 Å². The molecule has 0 unspecified atom stereocenters. The monoisotopic (exact) mass is 499 g/mol. The summed E-state index contributed by atoms with van der Waals surface area (Å²) in [5.74, 6) is 0.0207. The van der Waals surface area contributed by atoms with Crippen LogP contribution in [0.25, 0.3) is 32.9 Å². The van der Waals surface area contributed by atoms with Crippen molar-refractivity contribution in [2.75, 3.05) is 30.4 Å². The van der Waals surface area contributed by atoms with E-state index in [2.05, 4.69) is 60.2 Å². The van der Waals surface area contributed by atoms with Gasteiger partial charge in [-0.2, -0.15) is 0 Å². The smallest absolute Gasteiger partial charge is 0.251 e. The second-order valence-electron chi connectivity index (χ2n) is 10.4. The Labute approximate surface area is 222 Å². The highest BCUT2D eigenvalue weighted by Crippen LogP contribution is 2.43. The molecule has 0 spiro atoms. The summed E-state index contributed by atoms with van der Waals surface area (Å²) >= 11 is 0. The first-order chi connectivity index (χ1) is 18.4. The first-order valence-corrected chi connectivity index (χ1v) is 12.7. The summed E-state index contributed by atoms with van der Waals surface area (Å²) < 4.78 is 0. The fraction of sp³-hybridized carbons (Fsp3) is 0.188. The average molecular weight is 500 g/mol. The summed E-state index contributed by atoms with van der Waals surface area (Å²) in [6, 6.07) is 24.7. The molecule has 1 aliphatic rings. The molecular formula is C32H29N5O. The predicted octanol–water partition coefficient (Wildman–Crippen LogP) is 6.54. The van der Waals surface area contributed by atoms with Gasteiger partial charge in [0.1, 0.15) is 0 Å². The van der Waals surface area contributed by atoms with Crippen LogP contribution < -0.4 is 9.80 Å². The summed E-state index contributed by atoms with van der Waals surface area (Å²) in [4.78, 5) is 31.0. The van der Waals surface area contributed by atoms with Crippen LogP contribution >= 0.6 is 0 Å². The highest BCUT2D eigenvalue weighted by molar-refractivity contribution is 6.16. The van der Waals surface area contributed by atoms with Gasteiger partial charge in [-0.3, -0.25) is 24.7 Å². The first kappa shape index (κ1) is 23.8. The van der Waals surface area contributed by atoms with Crippen molar-refractivity contribution in [3.8, 4) is 11.1 Å². The van der Waals surface area contributed by atoms with Gasteiger partial charge in [0.15, 0.2) is 0 Å². The lowest BCUT2D eigenvalue weighted by Gasteiger charge is -2.36. The third kappa shape index (κ3) is 3.98. The normalized spacial score (nSPS) is 14.1. The van der Waals surface area contributed by atoms with Crippen molar-refractivity contribution in [2.24, 2.45) is 4.99 Å². The molecule has 2 aromatic heterocycles. The number of pyridine rings is 2. The van der Waals surface area contributed by atoms with E-state index >= 15 is 0 Å². The number of nitrogens with zero attached hydrogens (tertiary/aromatic N) is 5. The standard InChI is InChI=1S/C32H29N5O/c1-32(2,20-33-3)24-10-12-25(13-11-24)37-30(38)19-36(4)29-18-35-28-14-9-21(16-26(28)31(29)37)23-15-22-7-5-6-8-27(22)34-17-23/h5-18,20H,19H2,1-4H3/b33-20+. The van der Waals surface area contributed by atoms with E-state index < -0.39 is 0 Å². The minimum atomic E-state index is -0.198. The molecule has 6 rings (SSSR count). The summed E-state index contributed by atoms with van der Waals surface area (Å²) in [5.41, 5.74) is 7.41. The van der Waals surface area contributed by atoms with E-state index in [9.17, 15) is 4.79 Å². The minimum absolute atomic E-state index is 0.0207. The van der Waals surface area contributed by atoms with Crippen LogP contribution in [-0.4, -0.2) is 42.7 Å². The summed E-state index contributed by atoms with van der Waals surface area (Å²) in [5, 5.41) is 2.02. The van der Waals surface area contributed by atoms with Gasteiger partial charge < -0.3 is 4.90 Å². The number of hydrogen-bond donors (Lipinski definition) is 0. The Balaban J connectivity index is 1.51. The maximum absolute atomic E-state index is 13.5. The minimum Gasteiger partial charge on any atom is -0.362 e. The van der Waals surface area contributed by atoms with Gasteiger partial charge >= 0.3 is 0 Å². The van der Waals surface area contributed by atoms with Crippen LogP contribution in [0, 0.1) is 0 Å². The summed E-state index contributed by atoms with van der Waals surface area (Å²) in [7, 11) is 3.73. The fourth-order valence-electron chi connectivity index (χ4n) is 5.28. The molecule has 3 heterocycles. The van der Waals surface area contributed by atoms with Crippen molar-refractivity contribution in [2.45, 2.75) is 19.3 Å². The number of benzene rings is 3. The number of amides is 1. The summed E-state index contributed by atoms with van der Waals surface area (Å²) in [6.45, 7) is 4.55. The lowest BCUT2D eigenvalue weighted by atomic mass is 9.86. The van der Waals surface area contributed by atoms with Crippen molar-refractivity contribution in [1.29, 1.82) is 0 Å². The molecule has 38 heavy (non-hydrogen) atoms. The Kier molecular flexibility index (Phi) is 5.68. The molecule has 5 aromatic rings. The number of para-hydroxylation sites is 1. The second kappa shape index (κ2) is 9.06. The maximum Gasteiger partial charge on any atom is 0.251 e. The highest BCUT2D eigenvalue weighted by atomic mass is 16.2. The molecule has 1 amide bonds. The number of aliphatic imine (C=N–C) groups is 1. The van der Waals surface area contributed by atoms with E-state index in [0.717, 1.165) is 55.6 Å². The van der Waals surface area contributed by atoms with Crippen LogP contribution in [0.5, 0.6) is 0 Å². The zero-order chi connectivity index (χ0) is 26.4. The van der Waals surface area contributed by atoms with E-state index in [4.69, 9.17) is 4.98 Å². The Morgan fingerprint density at radius 2 is 1.66 bits per heavy atom. The van der Waals surface area contributed by atoms with Crippen LogP contribution in [-0.2, 0) is 10.2 Å². The van der Waals surface area contributed by atoms with E-state index in [-0.39, 0.29) is 17.9 Å². The molecule has 6 heteroatoms. The largest absolute Gasteiger partial charge is 0.362 e. The Hall–Kier alpha value is -4.58. The van der Waals surface area contributed by atoms with Gasteiger partial charge in [-0.1, -0.05) is 50.2 Å². The zero-order valence-electron chi connectivity index (χ0n) is 22.0. The molecule has 6 nitrogen and oxygen atoms in total. The first-order valence-electron chi connectivity index (χ1n) is 12.7. The third-order valence-electron chi connectivity index (χ3n) is 7.32. The van der Waals surface area contributed by atoms with Crippen molar-refractivity contribution < 1.29 is 4.79 Å². The molecule has 0 bridgehead atoms. The number of likely N-dealkylation sites (N-methyl/N-ethyl adjacent to an activating group) is 1. The Morgan fingerprint density at radius 1 is 0.895 bits per heavy atom. The van der Waals surface area contributed by atoms with E-state index in [1.54, 1.807) is 7.05 Å². The molecular weight excluding hydrogens is 470 g/mol. The molecule has 0 aliphatic carbocycles. The highest BCUT2D eigenvalue weighted by Gasteiger charge is 2.31. The summed E-state index contributed by atoms with van der Waals surface area (Å²) in [6.07, 6.45) is 5.71. The number of rotatable bonds is 4. The molecule has 188 valence electrons. The molecule has 0 fully saturated rings. The Morgan fingerprint density at radius 3 is 2.45 bits per heavy atom. The van der Waals surface area contributed by atoms with Crippen LogP contribution in [0.4, 0.5) is 17.1 Å². The maximum atomic E-state index is 13.5. The lowest BCUT2D eigenvalue weighted by molar-refractivity contribution is -0.116. The van der Waals surface area contributed by atoms with Gasteiger partial charge in [-0.05, 0) is 47.5 Å². The van der Waals surface area contributed by atoms with E-state index in [0.29, 0.717) is 0 Å². The van der Waals surface area contributed by atoms with Crippen LogP contribution in [0.1, 0.15) is 19.4 Å².